The molecule has 3 rings (SSSR count). The second kappa shape index (κ2) is 6.49. The average molecular weight is 326 g/mol. The van der Waals surface area contributed by atoms with Gasteiger partial charge in [0.15, 0.2) is 0 Å². The van der Waals surface area contributed by atoms with Crippen molar-refractivity contribution in [2.24, 2.45) is 5.92 Å². The molecule has 2 saturated heterocycles. The fourth-order valence-electron chi connectivity index (χ4n) is 3.85. The Morgan fingerprint density at radius 3 is 3.00 bits per heavy atom. The number of hydrogen-bond acceptors (Lipinski definition) is 3. The van der Waals surface area contributed by atoms with Crippen molar-refractivity contribution in [1.29, 1.82) is 0 Å². The van der Waals surface area contributed by atoms with Gasteiger partial charge < -0.3 is 10.1 Å². The Hall–Kier alpha value is -0.220. The molecule has 3 unspecified atom stereocenters. The molecule has 0 aromatic heterocycles. The molecule has 2 heterocycles. The summed E-state index contributed by atoms with van der Waals surface area (Å²) in [5.74, 6) is 3.05. The molecule has 2 aliphatic heterocycles. The first-order valence-electron chi connectivity index (χ1n) is 7.79. The number of rotatable bonds is 3. The molecule has 116 valence electrons. The Morgan fingerprint density at radius 2 is 2.33 bits per heavy atom. The number of nitrogens with one attached hydrogen (secondary N) is 1. The first-order chi connectivity index (χ1) is 10.1. The van der Waals surface area contributed by atoms with Crippen LogP contribution >= 0.6 is 23.4 Å². The molecule has 1 aromatic rings. The molecule has 2 aliphatic rings. The molecule has 2 nitrogen and oxygen atoms in total. The molecule has 1 spiro atoms. The molecule has 1 aromatic carbocycles. The van der Waals surface area contributed by atoms with Gasteiger partial charge >= 0.3 is 0 Å². The number of benzene rings is 1. The largest absolute Gasteiger partial charge is 0.374 e. The number of thioether (sulfide) groups is 1. The van der Waals surface area contributed by atoms with E-state index in [0.29, 0.717) is 12.0 Å². The fraction of sp³-hybridized carbons (Fsp3) is 0.647. The van der Waals surface area contributed by atoms with Crippen LogP contribution in [-0.4, -0.2) is 30.8 Å². The Kier molecular flexibility index (Phi) is 4.84. The van der Waals surface area contributed by atoms with E-state index in [1.165, 1.54) is 35.5 Å². The summed E-state index contributed by atoms with van der Waals surface area (Å²) in [4.78, 5) is 0. The van der Waals surface area contributed by atoms with Crippen LogP contribution in [0.2, 0.25) is 5.02 Å². The van der Waals surface area contributed by atoms with Gasteiger partial charge in [0.25, 0.3) is 0 Å². The molecule has 0 bridgehead atoms. The van der Waals surface area contributed by atoms with E-state index < -0.39 is 0 Å². The minimum absolute atomic E-state index is 0.142. The molecule has 1 N–H and O–H groups in total. The van der Waals surface area contributed by atoms with Gasteiger partial charge in [-0.1, -0.05) is 17.7 Å². The van der Waals surface area contributed by atoms with Crippen LogP contribution in [0.25, 0.3) is 0 Å². The molecule has 3 atom stereocenters. The summed E-state index contributed by atoms with van der Waals surface area (Å²) in [5, 5.41) is 4.37. The zero-order chi connectivity index (χ0) is 14.9. The van der Waals surface area contributed by atoms with Crippen LogP contribution in [0.5, 0.6) is 0 Å². The van der Waals surface area contributed by atoms with E-state index >= 15 is 0 Å². The van der Waals surface area contributed by atoms with Crippen molar-refractivity contribution in [2.45, 2.75) is 37.8 Å². The normalized spacial score (nSPS) is 30.7. The van der Waals surface area contributed by atoms with Crippen molar-refractivity contribution in [3.05, 3.63) is 34.3 Å². The van der Waals surface area contributed by atoms with Crippen molar-refractivity contribution in [2.75, 3.05) is 25.2 Å². The van der Waals surface area contributed by atoms with E-state index in [1.807, 2.05) is 17.8 Å². The Bertz CT molecular complexity index is 502. The van der Waals surface area contributed by atoms with Crippen LogP contribution in [-0.2, 0) is 4.74 Å². The van der Waals surface area contributed by atoms with E-state index in [4.69, 9.17) is 16.3 Å². The Balaban J connectivity index is 1.82. The van der Waals surface area contributed by atoms with Crippen molar-refractivity contribution in [1.82, 2.24) is 5.32 Å². The SMILES string of the molecule is CNC(c1ccc(Cl)cc1C)C1CCOC2(CCSC2)C1. The average Bonchev–Trinajstić information content (AvgIpc) is 2.90. The van der Waals surface area contributed by atoms with Gasteiger partial charge in [-0.15, -0.1) is 0 Å². The summed E-state index contributed by atoms with van der Waals surface area (Å²) in [6, 6.07) is 6.66. The molecule has 4 heteroatoms. The minimum Gasteiger partial charge on any atom is -0.374 e. The smallest absolute Gasteiger partial charge is 0.0783 e. The molecule has 0 aliphatic carbocycles. The first-order valence-corrected chi connectivity index (χ1v) is 9.32. The predicted molar refractivity (Wildman–Crippen MR) is 91.3 cm³/mol. The molecule has 21 heavy (non-hydrogen) atoms. The topological polar surface area (TPSA) is 21.3 Å². The van der Waals surface area contributed by atoms with Crippen LogP contribution in [0.15, 0.2) is 18.2 Å². The number of halogens is 1. The van der Waals surface area contributed by atoms with Crippen LogP contribution < -0.4 is 5.32 Å². The highest BCUT2D eigenvalue weighted by atomic mass is 35.5. The highest BCUT2D eigenvalue weighted by molar-refractivity contribution is 7.99. The lowest BCUT2D eigenvalue weighted by Crippen LogP contribution is -2.43. The lowest BCUT2D eigenvalue weighted by atomic mass is 9.78. The second-order valence-corrected chi connectivity index (χ2v) is 7.90. The molecule has 0 radical (unpaired) electrons. The molecular formula is C17H24ClNOS. The molecular weight excluding hydrogens is 302 g/mol. The van der Waals surface area contributed by atoms with E-state index in [1.54, 1.807) is 0 Å². The lowest BCUT2D eigenvalue weighted by molar-refractivity contribution is -0.0850. The third kappa shape index (κ3) is 3.26. The molecule has 2 fully saturated rings. The first kappa shape index (κ1) is 15.7. The zero-order valence-electron chi connectivity index (χ0n) is 12.8. The number of hydrogen-bond donors (Lipinski definition) is 1. The van der Waals surface area contributed by atoms with E-state index in [2.05, 4.69) is 31.4 Å². The van der Waals surface area contributed by atoms with Crippen LogP contribution in [0.1, 0.15) is 36.4 Å². The maximum absolute atomic E-state index is 6.17. The Morgan fingerprint density at radius 1 is 1.48 bits per heavy atom. The van der Waals surface area contributed by atoms with E-state index in [9.17, 15) is 0 Å². The van der Waals surface area contributed by atoms with Gasteiger partial charge in [-0.3, -0.25) is 0 Å². The number of aryl methyl sites for hydroxylation is 1. The maximum atomic E-state index is 6.17. The molecule has 0 amide bonds. The predicted octanol–water partition coefficient (Wildman–Crippen LogP) is 4.21. The van der Waals surface area contributed by atoms with E-state index in [-0.39, 0.29) is 5.60 Å². The van der Waals surface area contributed by atoms with Crippen molar-refractivity contribution in [3.63, 3.8) is 0 Å². The van der Waals surface area contributed by atoms with Gasteiger partial charge in [0, 0.05) is 23.4 Å². The third-order valence-corrected chi connectivity index (χ3v) is 6.41. The highest BCUT2D eigenvalue weighted by Gasteiger charge is 2.42. The Labute approximate surface area is 137 Å². The minimum atomic E-state index is 0.142. The zero-order valence-corrected chi connectivity index (χ0v) is 14.4. The van der Waals surface area contributed by atoms with Crippen molar-refractivity contribution >= 4 is 23.4 Å². The summed E-state index contributed by atoms with van der Waals surface area (Å²) in [6.07, 6.45) is 3.53. The van der Waals surface area contributed by atoms with Gasteiger partial charge in [-0.25, -0.2) is 0 Å². The lowest BCUT2D eigenvalue weighted by Gasteiger charge is -2.41. The van der Waals surface area contributed by atoms with Gasteiger partial charge in [0.1, 0.15) is 0 Å². The summed E-state index contributed by atoms with van der Waals surface area (Å²) in [7, 11) is 2.07. The van der Waals surface area contributed by atoms with Crippen molar-refractivity contribution in [3.8, 4) is 0 Å². The number of ether oxygens (including phenoxy) is 1. The van der Waals surface area contributed by atoms with Gasteiger partial charge in [0.05, 0.1) is 5.60 Å². The monoisotopic (exact) mass is 325 g/mol. The summed E-state index contributed by atoms with van der Waals surface area (Å²) in [5.41, 5.74) is 2.81. The summed E-state index contributed by atoms with van der Waals surface area (Å²) in [6.45, 7) is 3.06. The van der Waals surface area contributed by atoms with Crippen molar-refractivity contribution < 1.29 is 4.74 Å². The van der Waals surface area contributed by atoms with Crippen LogP contribution in [0.3, 0.4) is 0 Å². The highest BCUT2D eigenvalue weighted by Crippen LogP contribution is 2.44. The van der Waals surface area contributed by atoms with Gasteiger partial charge in [-0.05, 0) is 68.2 Å². The van der Waals surface area contributed by atoms with Gasteiger partial charge in [-0.2, -0.15) is 11.8 Å². The van der Waals surface area contributed by atoms with Crippen LogP contribution in [0.4, 0.5) is 0 Å². The van der Waals surface area contributed by atoms with E-state index in [0.717, 1.165) is 18.1 Å². The maximum Gasteiger partial charge on any atom is 0.0783 e. The quantitative estimate of drug-likeness (QED) is 0.899. The van der Waals surface area contributed by atoms with Crippen LogP contribution in [0, 0.1) is 12.8 Å². The second-order valence-electron chi connectivity index (χ2n) is 6.35. The summed E-state index contributed by atoms with van der Waals surface area (Å²) >= 11 is 8.14. The summed E-state index contributed by atoms with van der Waals surface area (Å²) < 4.78 is 6.17. The standard InChI is InChI=1S/C17H24ClNOS/c1-12-9-14(18)3-4-15(12)16(19-2)13-5-7-20-17(10-13)6-8-21-11-17/h3-4,9,13,16,19H,5-8,10-11H2,1-2H3. The fourth-order valence-corrected chi connectivity index (χ4v) is 5.45. The van der Waals surface area contributed by atoms with Gasteiger partial charge in [0.2, 0.25) is 0 Å². The third-order valence-electron chi connectivity index (χ3n) is 4.95. The molecule has 0 saturated carbocycles.